The summed E-state index contributed by atoms with van der Waals surface area (Å²) in [4.78, 5) is 6.34. The van der Waals surface area contributed by atoms with Crippen LogP contribution in [0.25, 0.3) is 10.2 Å². The van der Waals surface area contributed by atoms with E-state index in [9.17, 15) is 0 Å². The molecule has 0 atom stereocenters. The number of hydrogen-bond acceptors (Lipinski definition) is 3. The number of fused-ring (bicyclic) bond motifs is 4. The molecule has 0 radical (unpaired) electrons. The lowest BCUT2D eigenvalue weighted by Gasteiger charge is -2.10. The van der Waals surface area contributed by atoms with Gasteiger partial charge in [0.1, 0.15) is 11.3 Å². The third-order valence-corrected chi connectivity index (χ3v) is 5.25. The molecule has 0 spiro atoms. The minimum Gasteiger partial charge on any atom is -0.314 e. The van der Waals surface area contributed by atoms with Gasteiger partial charge in [-0.1, -0.05) is 0 Å². The van der Waals surface area contributed by atoms with Gasteiger partial charge in [-0.25, -0.2) is 4.98 Å². The summed E-state index contributed by atoms with van der Waals surface area (Å²) < 4.78 is 3.23. The highest BCUT2D eigenvalue weighted by atomic mass is 32.1. The summed E-state index contributed by atoms with van der Waals surface area (Å²) in [5.41, 5.74) is 3.32. The van der Waals surface area contributed by atoms with Gasteiger partial charge in [0, 0.05) is 17.8 Å². The summed E-state index contributed by atoms with van der Waals surface area (Å²) >= 11 is 1.82. The lowest BCUT2D eigenvalue weighted by Crippen LogP contribution is -2.20. The number of aryl methyl sites for hydroxylation is 3. The van der Waals surface area contributed by atoms with Crippen LogP contribution in [0.1, 0.15) is 35.5 Å². The van der Waals surface area contributed by atoms with Gasteiger partial charge in [0.15, 0.2) is 0 Å². The summed E-state index contributed by atoms with van der Waals surface area (Å²) in [7, 11) is 0. The minimum absolute atomic E-state index is 0.710. The summed E-state index contributed by atoms with van der Waals surface area (Å²) in [6, 6.07) is 0. The van der Waals surface area contributed by atoms with Gasteiger partial charge in [0.05, 0.1) is 10.2 Å². The Bertz CT molecular complexity index is 665. The number of nitrogens with zero attached hydrogens (tertiary/aromatic N) is 2. The number of thiophene rings is 1. The van der Waals surface area contributed by atoms with Crippen LogP contribution < -0.4 is 5.49 Å². The first-order valence-electron chi connectivity index (χ1n) is 6.43. The second kappa shape index (κ2) is 3.42. The maximum atomic E-state index is 8.33. The molecular weight excluding hydrogens is 230 g/mol. The molecule has 2 aromatic rings. The van der Waals surface area contributed by atoms with Crippen LogP contribution in [0.2, 0.25) is 0 Å². The van der Waals surface area contributed by atoms with Crippen LogP contribution in [0.3, 0.4) is 0 Å². The maximum absolute atomic E-state index is 8.33. The van der Waals surface area contributed by atoms with Crippen molar-refractivity contribution >= 4 is 21.6 Å². The van der Waals surface area contributed by atoms with Gasteiger partial charge in [-0.05, 0) is 37.7 Å². The average molecular weight is 245 g/mol. The van der Waals surface area contributed by atoms with E-state index in [0.717, 1.165) is 35.4 Å². The van der Waals surface area contributed by atoms with Crippen LogP contribution in [-0.2, 0) is 25.8 Å². The van der Waals surface area contributed by atoms with Gasteiger partial charge < -0.3 is 4.57 Å². The Morgan fingerprint density at radius 1 is 1.12 bits per heavy atom. The van der Waals surface area contributed by atoms with E-state index in [2.05, 4.69) is 4.57 Å². The molecule has 1 aliphatic carbocycles. The van der Waals surface area contributed by atoms with Crippen LogP contribution in [0.5, 0.6) is 0 Å². The molecule has 0 bridgehead atoms. The SMILES string of the molecule is N=c1c2sc3c(c2nc2n1CCC2)CCCC3. The molecule has 4 rings (SSSR count). The number of hydrogen-bond donors (Lipinski definition) is 1. The predicted octanol–water partition coefficient (Wildman–Crippen LogP) is 2.40. The predicted molar refractivity (Wildman–Crippen MR) is 68.4 cm³/mol. The molecule has 1 N–H and O–H groups in total. The number of aromatic nitrogens is 2. The van der Waals surface area contributed by atoms with Crippen molar-refractivity contribution in [2.75, 3.05) is 0 Å². The lowest BCUT2D eigenvalue weighted by molar-refractivity contribution is 0.693. The van der Waals surface area contributed by atoms with Gasteiger partial charge in [0.25, 0.3) is 0 Å². The van der Waals surface area contributed by atoms with E-state index in [-0.39, 0.29) is 0 Å². The second-order valence-electron chi connectivity index (χ2n) is 5.02. The summed E-state index contributed by atoms with van der Waals surface area (Å²) in [5, 5.41) is 8.33. The molecule has 3 nitrogen and oxygen atoms in total. The van der Waals surface area contributed by atoms with E-state index in [1.54, 1.807) is 0 Å². The summed E-state index contributed by atoms with van der Waals surface area (Å²) in [5.74, 6) is 1.13. The molecule has 17 heavy (non-hydrogen) atoms. The quantitative estimate of drug-likeness (QED) is 0.761. The van der Waals surface area contributed by atoms with Gasteiger partial charge in [-0.2, -0.15) is 0 Å². The molecule has 0 fully saturated rings. The van der Waals surface area contributed by atoms with Crippen LogP contribution in [0.15, 0.2) is 0 Å². The van der Waals surface area contributed by atoms with Crippen LogP contribution in [0.4, 0.5) is 0 Å². The molecule has 0 amide bonds. The first-order chi connectivity index (χ1) is 8.34. The lowest BCUT2D eigenvalue weighted by atomic mass is 9.98. The molecule has 0 aromatic carbocycles. The van der Waals surface area contributed by atoms with Gasteiger partial charge in [-0.3, -0.25) is 5.41 Å². The van der Waals surface area contributed by atoms with Crippen molar-refractivity contribution in [2.24, 2.45) is 0 Å². The number of nitrogens with one attached hydrogen (secondary N) is 1. The Labute approximate surface area is 104 Å². The van der Waals surface area contributed by atoms with Crippen molar-refractivity contribution < 1.29 is 0 Å². The fourth-order valence-electron chi connectivity index (χ4n) is 3.10. The van der Waals surface area contributed by atoms with Crippen molar-refractivity contribution in [3.05, 3.63) is 21.8 Å². The molecule has 88 valence electrons. The normalized spacial score (nSPS) is 18.4. The largest absolute Gasteiger partial charge is 0.314 e. The highest BCUT2D eigenvalue weighted by molar-refractivity contribution is 7.19. The highest BCUT2D eigenvalue weighted by Crippen LogP contribution is 2.34. The summed E-state index contributed by atoms with van der Waals surface area (Å²) in [6.45, 7) is 0.986. The monoisotopic (exact) mass is 245 g/mol. The topological polar surface area (TPSA) is 41.7 Å². The van der Waals surface area contributed by atoms with E-state index in [4.69, 9.17) is 10.4 Å². The molecule has 2 aromatic heterocycles. The third-order valence-electron chi connectivity index (χ3n) is 3.96. The van der Waals surface area contributed by atoms with E-state index >= 15 is 0 Å². The Hall–Kier alpha value is -1.16. The van der Waals surface area contributed by atoms with Crippen molar-refractivity contribution in [3.63, 3.8) is 0 Å². The van der Waals surface area contributed by atoms with E-state index in [1.165, 1.54) is 36.1 Å². The maximum Gasteiger partial charge on any atom is 0.146 e. The van der Waals surface area contributed by atoms with Gasteiger partial charge in [0.2, 0.25) is 0 Å². The Balaban J connectivity index is 2.11. The van der Waals surface area contributed by atoms with Crippen LogP contribution in [-0.4, -0.2) is 9.55 Å². The Kier molecular flexibility index (Phi) is 1.98. The Morgan fingerprint density at radius 2 is 2.00 bits per heavy atom. The van der Waals surface area contributed by atoms with Crippen molar-refractivity contribution in [1.82, 2.24) is 9.55 Å². The fraction of sp³-hybridized carbons (Fsp3) is 0.538. The fourth-order valence-corrected chi connectivity index (χ4v) is 4.38. The van der Waals surface area contributed by atoms with Crippen molar-refractivity contribution in [3.8, 4) is 0 Å². The zero-order chi connectivity index (χ0) is 11.4. The molecule has 0 saturated heterocycles. The van der Waals surface area contributed by atoms with Gasteiger partial charge in [-0.15, -0.1) is 11.3 Å². The molecule has 4 heteroatoms. The van der Waals surface area contributed by atoms with Gasteiger partial charge >= 0.3 is 0 Å². The summed E-state index contributed by atoms with van der Waals surface area (Å²) in [6.07, 6.45) is 7.17. The average Bonchev–Trinajstić information content (AvgIpc) is 2.94. The highest BCUT2D eigenvalue weighted by Gasteiger charge is 2.21. The van der Waals surface area contributed by atoms with Crippen molar-refractivity contribution in [1.29, 1.82) is 5.41 Å². The van der Waals surface area contributed by atoms with E-state index < -0.39 is 0 Å². The van der Waals surface area contributed by atoms with E-state index in [1.807, 2.05) is 11.3 Å². The molecule has 3 heterocycles. The molecule has 0 unspecified atom stereocenters. The number of rotatable bonds is 0. The van der Waals surface area contributed by atoms with E-state index in [0.29, 0.717) is 5.49 Å². The third kappa shape index (κ3) is 1.27. The molecule has 0 saturated carbocycles. The van der Waals surface area contributed by atoms with Crippen LogP contribution >= 0.6 is 11.3 Å². The molecule has 2 aliphatic rings. The molecular formula is C13H15N3S. The first kappa shape index (κ1) is 9.83. The zero-order valence-corrected chi connectivity index (χ0v) is 10.6. The second-order valence-corrected chi connectivity index (χ2v) is 6.13. The standard InChI is InChI=1S/C13H15N3S/c14-13-12-11(15-10-6-3-7-16(10)13)8-4-1-2-5-9(8)17-12/h14H,1-7H2. The zero-order valence-electron chi connectivity index (χ0n) is 9.75. The molecule has 1 aliphatic heterocycles. The van der Waals surface area contributed by atoms with Crippen molar-refractivity contribution in [2.45, 2.75) is 45.1 Å². The minimum atomic E-state index is 0.710. The smallest absolute Gasteiger partial charge is 0.146 e. The van der Waals surface area contributed by atoms with Crippen LogP contribution in [0, 0.1) is 5.41 Å². The first-order valence-corrected chi connectivity index (χ1v) is 7.25. The Morgan fingerprint density at radius 3 is 2.94 bits per heavy atom.